The number of nitrogens with one attached hydrogen (secondary N) is 2. The van der Waals surface area contributed by atoms with Gasteiger partial charge in [-0.15, -0.1) is 21.2 Å². The fraction of sp³-hybridized carbons (Fsp3) is 0.500. The summed E-state index contributed by atoms with van der Waals surface area (Å²) in [5.74, 6) is -0.479. The number of alkyl halides is 2. The molecule has 0 saturated carbocycles. The Morgan fingerprint density at radius 1 is 1.26 bits per heavy atom. The summed E-state index contributed by atoms with van der Waals surface area (Å²) in [6.07, 6.45) is -2.59. The van der Waals surface area contributed by atoms with Gasteiger partial charge in [0.2, 0.25) is 0 Å². The van der Waals surface area contributed by atoms with Crippen LogP contribution in [0, 0.1) is 0 Å². The monoisotopic (exact) mass is 350 g/mol. The first-order chi connectivity index (χ1) is 10.4. The van der Waals surface area contributed by atoms with Crippen LogP contribution < -0.4 is 20.1 Å². The van der Waals surface area contributed by atoms with Crippen LogP contribution in [0.1, 0.15) is 12.8 Å². The molecule has 0 atom stereocenters. The number of hydrogen-bond acceptors (Lipinski definition) is 5. The number of benzene rings is 1. The highest BCUT2D eigenvalue weighted by molar-refractivity contribution is 5.97. The first-order valence-electron chi connectivity index (χ1n) is 6.91. The first-order valence-corrected chi connectivity index (χ1v) is 6.91. The number of carbonyl (C=O) groups is 1. The minimum absolute atomic E-state index is 0. The van der Waals surface area contributed by atoms with Crippen molar-refractivity contribution in [1.82, 2.24) is 5.32 Å². The zero-order valence-electron chi connectivity index (χ0n) is 12.4. The Morgan fingerprint density at radius 3 is 2.57 bits per heavy atom. The minimum Gasteiger partial charge on any atom is -0.395 e. The zero-order valence-corrected chi connectivity index (χ0v) is 13.2. The summed E-state index contributed by atoms with van der Waals surface area (Å²) in [5.41, 5.74) is -0.564. The van der Waals surface area contributed by atoms with Crippen LogP contribution in [0.15, 0.2) is 18.2 Å². The summed E-state index contributed by atoms with van der Waals surface area (Å²) in [6.45, 7) is 1.35. The topological polar surface area (TPSA) is 68.8 Å². The van der Waals surface area contributed by atoms with Crippen LogP contribution in [0.25, 0.3) is 0 Å². The average molecular weight is 351 g/mol. The zero-order chi connectivity index (χ0) is 15.8. The standard InChI is InChI=1S/C14H16F2N2O4.ClH/c1-20-13(4-6-17-7-5-13)12(19)18-9-2-3-10-11(8-9)22-14(15,16)21-10;/h2-3,8,17H,4-7H2,1H3,(H,18,19);1H. The molecule has 2 aliphatic rings. The predicted molar refractivity (Wildman–Crippen MR) is 80.4 cm³/mol. The van der Waals surface area contributed by atoms with Crippen LogP contribution in [0.3, 0.4) is 0 Å². The van der Waals surface area contributed by atoms with E-state index in [2.05, 4.69) is 20.1 Å². The summed E-state index contributed by atoms with van der Waals surface area (Å²) in [7, 11) is 1.49. The van der Waals surface area contributed by atoms with E-state index in [4.69, 9.17) is 4.74 Å². The molecule has 128 valence electrons. The van der Waals surface area contributed by atoms with Crippen LogP contribution in [0.5, 0.6) is 11.5 Å². The molecule has 0 bridgehead atoms. The van der Waals surface area contributed by atoms with Gasteiger partial charge in [-0.2, -0.15) is 0 Å². The fourth-order valence-corrected chi connectivity index (χ4v) is 2.63. The molecule has 0 aliphatic carbocycles. The third kappa shape index (κ3) is 3.49. The van der Waals surface area contributed by atoms with Gasteiger partial charge in [-0.3, -0.25) is 4.79 Å². The first kappa shape index (κ1) is 17.7. The maximum atomic E-state index is 13.0. The van der Waals surface area contributed by atoms with Crippen LogP contribution >= 0.6 is 12.4 Å². The average Bonchev–Trinajstić information content (AvgIpc) is 2.81. The molecule has 3 rings (SSSR count). The van der Waals surface area contributed by atoms with Gasteiger partial charge in [0.15, 0.2) is 11.5 Å². The Hall–Kier alpha value is -1.64. The molecule has 0 radical (unpaired) electrons. The Bertz CT molecular complexity index is 594. The van der Waals surface area contributed by atoms with E-state index in [1.165, 1.54) is 25.3 Å². The number of rotatable bonds is 3. The van der Waals surface area contributed by atoms with Gasteiger partial charge in [-0.1, -0.05) is 0 Å². The summed E-state index contributed by atoms with van der Waals surface area (Å²) in [4.78, 5) is 12.5. The van der Waals surface area contributed by atoms with Gasteiger partial charge in [-0.05, 0) is 38.1 Å². The molecule has 2 heterocycles. The normalized spacial score (nSPS) is 20.5. The smallest absolute Gasteiger partial charge is 0.395 e. The molecule has 1 fully saturated rings. The minimum atomic E-state index is -3.67. The second kappa shape index (κ2) is 6.46. The van der Waals surface area contributed by atoms with E-state index in [-0.39, 0.29) is 29.8 Å². The lowest BCUT2D eigenvalue weighted by atomic mass is 9.91. The third-order valence-corrected chi connectivity index (χ3v) is 3.87. The molecule has 6 nitrogen and oxygen atoms in total. The molecule has 0 aromatic heterocycles. The van der Waals surface area contributed by atoms with Gasteiger partial charge >= 0.3 is 6.29 Å². The molecular weight excluding hydrogens is 334 g/mol. The fourth-order valence-electron chi connectivity index (χ4n) is 2.63. The number of methoxy groups -OCH3 is 1. The van der Waals surface area contributed by atoms with Crippen molar-refractivity contribution in [1.29, 1.82) is 0 Å². The molecule has 1 aromatic carbocycles. The number of ether oxygens (including phenoxy) is 3. The van der Waals surface area contributed by atoms with Crippen molar-refractivity contribution < 1.29 is 27.8 Å². The SMILES string of the molecule is COC1(C(=O)Nc2ccc3c(c2)OC(F)(F)O3)CCNCC1.Cl. The van der Waals surface area contributed by atoms with Gasteiger partial charge < -0.3 is 24.8 Å². The van der Waals surface area contributed by atoms with E-state index in [0.717, 1.165) is 0 Å². The molecular formula is C14H17ClF2N2O4. The van der Waals surface area contributed by atoms with Gasteiger partial charge in [0.25, 0.3) is 5.91 Å². The van der Waals surface area contributed by atoms with Crippen molar-refractivity contribution >= 4 is 24.0 Å². The van der Waals surface area contributed by atoms with Crippen molar-refractivity contribution in [2.75, 3.05) is 25.5 Å². The van der Waals surface area contributed by atoms with Gasteiger partial charge in [0.05, 0.1) is 0 Å². The second-order valence-electron chi connectivity index (χ2n) is 5.23. The number of anilines is 1. The summed E-state index contributed by atoms with van der Waals surface area (Å²) in [6, 6.07) is 4.11. The van der Waals surface area contributed by atoms with E-state index >= 15 is 0 Å². The summed E-state index contributed by atoms with van der Waals surface area (Å²) < 4.78 is 40.0. The lowest BCUT2D eigenvalue weighted by molar-refractivity contribution is -0.286. The maximum absolute atomic E-state index is 13.0. The quantitative estimate of drug-likeness (QED) is 0.874. The van der Waals surface area contributed by atoms with E-state index in [9.17, 15) is 13.6 Å². The Kier molecular flexibility index (Phi) is 4.98. The van der Waals surface area contributed by atoms with E-state index in [1.54, 1.807) is 0 Å². The largest absolute Gasteiger partial charge is 0.586 e. The molecule has 2 N–H and O–H groups in total. The van der Waals surface area contributed by atoms with Crippen molar-refractivity contribution in [3.63, 3.8) is 0 Å². The van der Waals surface area contributed by atoms with Crippen LogP contribution in [-0.4, -0.2) is 38.0 Å². The number of amides is 1. The van der Waals surface area contributed by atoms with Crippen LogP contribution in [0.2, 0.25) is 0 Å². The second-order valence-corrected chi connectivity index (χ2v) is 5.23. The Morgan fingerprint density at radius 2 is 1.91 bits per heavy atom. The van der Waals surface area contributed by atoms with E-state index in [0.29, 0.717) is 31.6 Å². The highest BCUT2D eigenvalue weighted by Gasteiger charge is 2.44. The molecule has 23 heavy (non-hydrogen) atoms. The Balaban J connectivity index is 0.00000192. The van der Waals surface area contributed by atoms with Crippen molar-refractivity contribution in [2.24, 2.45) is 0 Å². The van der Waals surface area contributed by atoms with Gasteiger partial charge in [-0.25, -0.2) is 0 Å². The predicted octanol–water partition coefficient (Wildman–Crippen LogP) is 2.14. The molecule has 1 amide bonds. The van der Waals surface area contributed by atoms with E-state index < -0.39 is 11.9 Å². The lowest BCUT2D eigenvalue weighted by Gasteiger charge is -2.34. The summed E-state index contributed by atoms with van der Waals surface area (Å²) >= 11 is 0. The number of piperidine rings is 1. The molecule has 9 heteroatoms. The van der Waals surface area contributed by atoms with Gasteiger partial charge in [0, 0.05) is 18.9 Å². The van der Waals surface area contributed by atoms with Crippen LogP contribution in [0.4, 0.5) is 14.5 Å². The number of halogens is 3. The van der Waals surface area contributed by atoms with Gasteiger partial charge in [0.1, 0.15) is 5.60 Å². The maximum Gasteiger partial charge on any atom is 0.586 e. The highest BCUT2D eigenvalue weighted by atomic mass is 35.5. The molecule has 0 spiro atoms. The molecule has 0 unspecified atom stereocenters. The summed E-state index contributed by atoms with van der Waals surface area (Å²) in [5, 5.41) is 5.84. The third-order valence-electron chi connectivity index (χ3n) is 3.87. The molecule has 2 aliphatic heterocycles. The highest BCUT2D eigenvalue weighted by Crippen LogP contribution is 2.42. The lowest BCUT2D eigenvalue weighted by Crippen LogP contribution is -2.51. The number of fused-ring (bicyclic) bond motifs is 1. The van der Waals surface area contributed by atoms with Crippen LogP contribution in [-0.2, 0) is 9.53 Å². The van der Waals surface area contributed by atoms with Crippen molar-refractivity contribution in [3.8, 4) is 11.5 Å². The number of hydrogen-bond donors (Lipinski definition) is 2. The molecule has 1 saturated heterocycles. The Labute approximate surface area is 137 Å². The number of carbonyl (C=O) groups excluding carboxylic acids is 1. The van der Waals surface area contributed by atoms with E-state index in [1.807, 2.05) is 0 Å². The van der Waals surface area contributed by atoms with Crippen molar-refractivity contribution in [2.45, 2.75) is 24.7 Å². The molecule has 1 aromatic rings. The van der Waals surface area contributed by atoms with Crippen molar-refractivity contribution in [3.05, 3.63) is 18.2 Å².